The van der Waals surface area contributed by atoms with Crippen molar-refractivity contribution >= 4 is 17.4 Å². The van der Waals surface area contributed by atoms with Gasteiger partial charge in [-0.2, -0.15) is 5.10 Å². The molecule has 104 valence electrons. The van der Waals surface area contributed by atoms with Crippen LogP contribution in [-0.4, -0.2) is 17.4 Å². The third kappa shape index (κ3) is 2.45. The maximum absolute atomic E-state index is 12.0. The number of nitrogens with zero attached hydrogens (tertiary/aromatic N) is 1. The van der Waals surface area contributed by atoms with E-state index in [1.807, 2.05) is 0 Å². The Hall–Kier alpha value is -1.19. The van der Waals surface area contributed by atoms with Crippen LogP contribution >= 0.6 is 0 Å². The Bertz CT molecular complexity index is 461. The normalized spacial score (nSPS) is 33.1. The van der Waals surface area contributed by atoms with Gasteiger partial charge in [0, 0.05) is 24.5 Å². The van der Waals surface area contributed by atoms with E-state index in [0.29, 0.717) is 18.3 Å². The van der Waals surface area contributed by atoms with Crippen molar-refractivity contribution in [3.63, 3.8) is 0 Å². The summed E-state index contributed by atoms with van der Waals surface area (Å²) in [6.07, 6.45) is 6.52. The summed E-state index contributed by atoms with van der Waals surface area (Å²) in [7, 11) is 0. The standard InChI is InChI=1S/C15H22N2O2/c1-14(2)7-10(6-11(18)8-14)16-17-13(19)12-9-15(12)4-3-5-15/h12H,3-9H2,1-2H3,(H,17,19)/b16-10-. The van der Waals surface area contributed by atoms with E-state index in [0.717, 1.165) is 18.6 Å². The first-order valence-electron chi connectivity index (χ1n) is 7.27. The van der Waals surface area contributed by atoms with Crippen molar-refractivity contribution in [1.29, 1.82) is 0 Å². The summed E-state index contributed by atoms with van der Waals surface area (Å²) in [4.78, 5) is 23.6. The first-order valence-corrected chi connectivity index (χ1v) is 7.27. The summed E-state index contributed by atoms with van der Waals surface area (Å²) in [5.41, 5.74) is 3.84. The zero-order valence-corrected chi connectivity index (χ0v) is 11.8. The van der Waals surface area contributed by atoms with Crippen molar-refractivity contribution in [3.8, 4) is 0 Å². The molecule has 0 aliphatic heterocycles. The molecular formula is C15H22N2O2. The van der Waals surface area contributed by atoms with Crippen LogP contribution in [0.2, 0.25) is 0 Å². The van der Waals surface area contributed by atoms with E-state index >= 15 is 0 Å². The van der Waals surface area contributed by atoms with Gasteiger partial charge in [-0.1, -0.05) is 20.3 Å². The molecule has 0 aromatic heterocycles. The molecule has 0 radical (unpaired) electrons. The number of carbonyl (C=O) groups excluding carboxylic acids is 2. The second kappa shape index (κ2) is 4.15. The Morgan fingerprint density at radius 1 is 1.32 bits per heavy atom. The van der Waals surface area contributed by atoms with Crippen molar-refractivity contribution in [1.82, 2.24) is 5.43 Å². The van der Waals surface area contributed by atoms with E-state index in [1.54, 1.807) is 0 Å². The molecule has 1 spiro atoms. The van der Waals surface area contributed by atoms with Gasteiger partial charge in [-0.05, 0) is 36.5 Å². The molecule has 1 N–H and O–H groups in total. The van der Waals surface area contributed by atoms with E-state index in [2.05, 4.69) is 24.4 Å². The van der Waals surface area contributed by atoms with Crippen LogP contribution in [0.1, 0.15) is 58.8 Å². The quantitative estimate of drug-likeness (QED) is 0.777. The number of rotatable bonds is 2. The lowest BCUT2D eigenvalue weighted by molar-refractivity contribution is -0.124. The Morgan fingerprint density at radius 3 is 2.58 bits per heavy atom. The maximum atomic E-state index is 12.0. The molecule has 1 amide bonds. The fourth-order valence-corrected chi connectivity index (χ4v) is 3.69. The van der Waals surface area contributed by atoms with Crippen LogP contribution in [0.25, 0.3) is 0 Å². The average molecular weight is 262 g/mol. The van der Waals surface area contributed by atoms with Gasteiger partial charge in [-0.3, -0.25) is 9.59 Å². The summed E-state index contributed by atoms with van der Waals surface area (Å²) in [5, 5.41) is 4.21. The van der Waals surface area contributed by atoms with Gasteiger partial charge in [0.1, 0.15) is 5.78 Å². The predicted molar refractivity (Wildman–Crippen MR) is 72.6 cm³/mol. The number of ketones is 1. The highest BCUT2D eigenvalue weighted by atomic mass is 16.2. The summed E-state index contributed by atoms with van der Waals surface area (Å²) in [6, 6.07) is 0. The number of nitrogens with one attached hydrogen (secondary N) is 1. The van der Waals surface area contributed by atoms with E-state index < -0.39 is 0 Å². The lowest BCUT2D eigenvalue weighted by atomic mass is 9.76. The SMILES string of the molecule is CC1(C)CC(=O)C/C(=N/NC(=O)C2CC23CCC3)C1. The fourth-order valence-electron chi connectivity index (χ4n) is 3.69. The smallest absolute Gasteiger partial charge is 0.243 e. The zero-order chi connectivity index (χ0) is 13.7. The first kappa shape index (κ1) is 12.8. The van der Waals surface area contributed by atoms with Crippen LogP contribution in [0.15, 0.2) is 5.10 Å². The van der Waals surface area contributed by atoms with Crippen molar-refractivity contribution in [2.75, 3.05) is 0 Å². The van der Waals surface area contributed by atoms with Crippen LogP contribution in [0, 0.1) is 16.7 Å². The maximum Gasteiger partial charge on any atom is 0.243 e. The van der Waals surface area contributed by atoms with Crippen molar-refractivity contribution in [2.45, 2.75) is 58.8 Å². The topological polar surface area (TPSA) is 58.5 Å². The molecule has 1 unspecified atom stereocenters. The number of hydrogen-bond acceptors (Lipinski definition) is 3. The highest BCUT2D eigenvalue weighted by Gasteiger charge is 2.60. The van der Waals surface area contributed by atoms with E-state index in [4.69, 9.17) is 0 Å². The first-order chi connectivity index (χ1) is 8.90. The largest absolute Gasteiger partial charge is 0.299 e. The number of carbonyl (C=O) groups is 2. The molecule has 0 bridgehead atoms. The highest BCUT2D eigenvalue weighted by Crippen LogP contribution is 2.65. The van der Waals surface area contributed by atoms with Gasteiger partial charge in [-0.25, -0.2) is 5.43 Å². The van der Waals surface area contributed by atoms with Crippen LogP contribution in [0.4, 0.5) is 0 Å². The molecule has 3 rings (SSSR count). The van der Waals surface area contributed by atoms with Crippen LogP contribution in [-0.2, 0) is 9.59 Å². The molecule has 3 fully saturated rings. The van der Waals surface area contributed by atoms with Gasteiger partial charge in [-0.15, -0.1) is 0 Å². The molecule has 0 aromatic carbocycles. The van der Waals surface area contributed by atoms with Crippen LogP contribution in [0.3, 0.4) is 0 Å². The molecule has 3 aliphatic rings. The molecule has 0 heterocycles. The minimum atomic E-state index is -0.0202. The lowest BCUT2D eigenvalue weighted by Gasteiger charge is -2.29. The van der Waals surface area contributed by atoms with Gasteiger partial charge >= 0.3 is 0 Å². The third-order valence-electron chi connectivity index (χ3n) is 4.94. The molecule has 4 heteroatoms. The molecule has 3 saturated carbocycles. The minimum absolute atomic E-state index is 0.0202. The Balaban J connectivity index is 1.57. The Kier molecular flexibility index (Phi) is 2.80. The van der Waals surface area contributed by atoms with Gasteiger partial charge in [0.2, 0.25) is 5.91 Å². The summed E-state index contributed by atoms with van der Waals surface area (Å²) in [6.45, 7) is 4.15. The van der Waals surface area contributed by atoms with Gasteiger partial charge < -0.3 is 0 Å². The molecule has 19 heavy (non-hydrogen) atoms. The molecule has 3 aliphatic carbocycles. The van der Waals surface area contributed by atoms with Gasteiger partial charge in [0.25, 0.3) is 0 Å². The molecule has 0 aromatic rings. The Morgan fingerprint density at radius 2 is 2.05 bits per heavy atom. The molecule has 4 nitrogen and oxygen atoms in total. The molecule has 0 saturated heterocycles. The second-order valence-electron chi connectivity index (χ2n) is 7.36. The van der Waals surface area contributed by atoms with Crippen LogP contribution < -0.4 is 5.43 Å². The monoisotopic (exact) mass is 262 g/mol. The summed E-state index contributed by atoms with van der Waals surface area (Å²) >= 11 is 0. The molecular weight excluding hydrogens is 240 g/mol. The van der Waals surface area contributed by atoms with Gasteiger partial charge in [0.05, 0.1) is 0 Å². The minimum Gasteiger partial charge on any atom is -0.299 e. The van der Waals surface area contributed by atoms with Crippen LogP contribution in [0.5, 0.6) is 0 Å². The predicted octanol–water partition coefficient (Wildman–Crippen LogP) is 2.43. The highest BCUT2D eigenvalue weighted by molar-refractivity contribution is 6.05. The van der Waals surface area contributed by atoms with Crippen molar-refractivity contribution in [2.24, 2.45) is 21.8 Å². The van der Waals surface area contributed by atoms with E-state index in [1.165, 1.54) is 19.3 Å². The average Bonchev–Trinajstić information content (AvgIpc) is 2.98. The third-order valence-corrected chi connectivity index (χ3v) is 4.94. The summed E-state index contributed by atoms with van der Waals surface area (Å²) < 4.78 is 0. The van der Waals surface area contributed by atoms with Crippen molar-refractivity contribution < 1.29 is 9.59 Å². The van der Waals surface area contributed by atoms with Gasteiger partial charge in [0.15, 0.2) is 0 Å². The second-order valence-corrected chi connectivity index (χ2v) is 7.36. The summed E-state index contributed by atoms with van der Waals surface area (Å²) in [5.74, 6) is 0.465. The number of Topliss-reactive ketones (excluding diaryl/α,β-unsaturated/α-hetero) is 1. The number of hydrazone groups is 1. The Labute approximate surface area is 114 Å². The number of hydrogen-bond donors (Lipinski definition) is 1. The van der Waals surface area contributed by atoms with Crippen molar-refractivity contribution in [3.05, 3.63) is 0 Å². The fraction of sp³-hybridized carbons (Fsp3) is 0.800. The molecule has 1 atom stereocenters. The lowest BCUT2D eigenvalue weighted by Crippen LogP contribution is -2.32. The zero-order valence-electron chi connectivity index (χ0n) is 11.8. The van der Waals surface area contributed by atoms with E-state index in [9.17, 15) is 9.59 Å². The van der Waals surface area contributed by atoms with E-state index in [-0.39, 0.29) is 23.0 Å². The number of amides is 1.